The highest BCUT2D eigenvalue weighted by molar-refractivity contribution is 7.89. The number of hydrogen-bond acceptors (Lipinski definition) is 13. The molecule has 1 saturated heterocycles. The molecule has 0 atom stereocenters. The van der Waals surface area contributed by atoms with Gasteiger partial charge in [0.15, 0.2) is 5.78 Å². The molecule has 1 aliphatic heterocycles. The van der Waals surface area contributed by atoms with Crippen molar-refractivity contribution in [1.29, 1.82) is 0 Å². The fraction of sp³-hybridized carbons (Fsp3) is 0.400. The van der Waals surface area contributed by atoms with Gasteiger partial charge in [0.25, 0.3) is 0 Å². The summed E-state index contributed by atoms with van der Waals surface area (Å²) in [6.45, 7) is 8.59. The van der Waals surface area contributed by atoms with Crippen LogP contribution >= 0.6 is 0 Å². The number of benzene rings is 1. The molecule has 15 heteroatoms. The largest absolute Gasteiger partial charge is 0.545 e. The molecule has 0 saturated carbocycles. The number of ketones is 1. The van der Waals surface area contributed by atoms with E-state index < -0.39 is 33.9 Å². The van der Waals surface area contributed by atoms with Crippen molar-refractivity contribution >= 4 is 39.7 Å². The first-order chi connectivity index (χ1) is 18.6. The highest BCUT2D eigenvalue weighted by Crippen LogP contribution is 2.16. The van der Waals surface area contributed by atoms with Crippen LogP contribution in [0.25, 0.3) is 0 Å². The summed E-state index contributed by atoms with van der Waals surface area (Å²) in [5.41, 5.74) is 0.562. The van der Waals surface area contributed by atoms with Gasteiger partial charge in [-0.15, -0.1) is 0 Å². The number of carboxylic acid groups (broad SMARTS) is 4. The smallest absolute Gasteiger partial charge is 0.243 e. The van der Waals surface area contributed by atoms with Gasteiger partial charge in [-0.3, -0.25) is 9.69 Å². The number of nitrogens with zero attached hydrogens (tertiary/aromatic N) is 3. The molecule has 0 bridgehead atoms. The SMILES string of the molecule is CCN(CC)S(=O)(=O)c1ccc(C(=O)CN2CCN(C)CC2)cc1.O=C([O-])/C=C\C(=O)[O-].O=C([O-])/C=C\C(=O)[O-]. The highest BCUT2D eigenvalue weighted by Gasteiger charge is 2.22. The molecule has 1 heterocycles. The Morgan fingerprint density at radius 2 is 1.12 bits per heavy atom. The number of sulfonamides is 1. The van der Waals surface area contributed by atoms with E-state index in [-0.39, 0.29) is 10.7 Å². The average Bonchev–Trinajstić information content (AvgIpc) is 2.89. The van der Waals surface area contributed by atoms with Crippen molar-refractivity contribution in [1.82, 2.24) is 14.1 Å². The van der Waals surface area contributed by atoms with Crippen LogP contribution in [0.2, 0.25) is 0 Å². The predicted octanol–water partition coefficient (Wildman–Crippen LogP) is -4.77. The van der Waals surface area contributed by atoms with E-state index >= 15 is 0 Å². The molecule has 1 aromatic rings. The lowest BCUT2D eigenvalue weighted by Gasteiger charge is -2.31. The van der Waals surface area contributed by atoms with Gasteiger partial charge < -0.3 is 44.5 Å². The van der Waals surface area contributed by atoms with Gasteiger partial charge in [0.05, 0.1) is 35.3 Å². The Bertz CT molecular complexity index is 1100. The van der Waals surface area contributed by atoms with E-state index in [2.05, 4.69) is 16.8 Å². The number of rotatable bonds is 11. The number of Topliss-reactive ketones (excluding diaryl/α,β-unsaturated/α-hetero) is 1. The minimum absolute atomic E-state index is 0.0336. The minimum Gasteiger partial charge on any atom is -0.545 e. The Hall–Kier alpha value is -3.92. The molecule has 222 valence electrons. The van der Waals surface area contributed by atoms with Crippen molar-refractivity contribution in [3.05, 3.63) is 54.1 Å². The van der Waals surface area contributed by atoms with E-state index in [0.29, 0.717) is 49.5 Å². The van der Waals surface area contributed by atoms with Crippen LogP contribution in [0.3, 0.4) is 0 Å². The summed E-state index contributed by atoms with van der Waals surface area (Å²) in [5.74, 6) is -6.15. The highest BCUT2D eigenvalue weighted by atomic mass is 32.2. The van der Waals surface area contributed by atoms with Crippen LogP contribution in [-0.2, 0) is 29.2 Å². The van der Waals surface area contributed by atoms with Gasteiger partial charge in [0.2, 0.25) is 10.0 Å². The Labute approximate surface area is 232 Å². The first-order valence-corrected chi connectivity index (χ1v) is 13.3. The molecule has 0 unspecified atom stereocenters. The molecule has 0 N–H and O–H groups in total. The van der Waals surface area contributed by atoms with E-state index in [1.165, 1.54) is 16.4 Å². The van der Waals surface area contributed by atoms with Gasteiger partial charge in [-0.05, 0) is 43.5 Å². The molecule has 0 radical (unpaired) electrons. The summed E-state index contributed by atoms with van der Waals surface area (Å²) in [5, 5.41) is 37.7. The maximum Gasteiger partial charge on any atom is 0.243 e. The van der Waals surface area contributed by atoms with Crippen molar-refractivity contribution in [2.24, 2.45) is 0 Å². The van der Waals surface area contributed by atoms with Crippen LogP contribution in [0.15, 0.2) is 53.5 Å². The van der Waals surface area contributed by atoms with Crippen molar-refractivity contribution in [3.8, 4) is 0 Å². The van der Waals surface area contributed by atoms with E-state index in [1.807, 2.05) is 13.8 Å². The van der Waals surface area contributed by atoms with Gasteiger partial charge in [-0.2, -0.15) is 4.31 Å². The van der Waals surface area contributed by atoms with Crippen LogP contribution < -0.4 is 20.4 Å². The second-order valence-corrected chi connectivity index (χ2v) is 10.00. The maximum atomic E-state index is 12.5. The summed E-state index contributed by atoms with van der Waals surface area (Å²) in [6.07, 6.45) is 1.54. The fourth-order valence-corrected chi connectivity index (χ4v) is 4.56. The zero-order valence-electron chi connectivity index (χ0n) is 22.3. The third-order valence-electron chi connectivity index (χ3n) is 5.19. The van der Waals surface area contributed by atoms with Crippen molar-refractivity contribution in [2.75, 3.05) is 52.9 Å². The number of hydrogen-bond donors (Lipinski definition) is 0. The summed E-state index contributed by atoms with van der Waals surface area (Å²) < 4.78 is 26.3. The van der Waals surface area contributed by atoms with Crippen LogP contribution in [0.1, 0.15) is 24.2 Å². The number of carbonyl (C=O) groups is 5. The van der Waals surface area contributed by atoms with Gasteiger partial charge >= 0.3 is 0 Å². The van der Waals surface area contributed by atoms with Crippen molar-refractivity contribution in [2.45, 2.75) is 18.7 Å². The Kier molecular flexibility index (Phi) is 16.6. The van der Waals surface area contributed by atoms with Crippen LogP contribution in [0.5, 0.6) is 0 Å². The summed E-state index contributed by atoms with van der Waals surface area (Å²) in [6, 6.07) is 6.30. The van der Waals surface area contributed by atoms with Crippen molar-refractivity contribution in [3.63, 3.8) is 0 Å². The predicted molar refractivity (Wildman–Crippen MR) is 133 cm³/mol. The molecule has 1 aliphatic rings. The first kappa shape index (κ1) is 36.1. The minimum atomic E-state index is -3.47. The summed E-state index contributed by atoms with van der Waals surface area (Å²) >= 11 is 0. The number of likely N-dealkylation sites (N-methyl/N-ethyl adjacent to an activating group) is 1. The molecule has 1 aromatic carbocycles. The molecular weight excluding hydrogens is 550 g/mol. The molecule has 0 aromatic heterocycles. The van der Waals surface area contributed by atoms with E-state index in [9.17, 15) is 52.8 Å². The Morgan fingerprint density at radius 1 is 0.750 bits per heavy atom. The quantitative estimate of drug-likeness (QED) is 0.177. The number of aliphatic carboxylic acids is 4. The van der Waals surface area contributed by atoms with E-state index in [0.717, 1.165) is 26.2 Å². The lowest BCUT2D eigenvalue weighted by molar-refractivity contribution is -0.301. The number of carboxylic acids is 4. The average molecular weight is 582 g/mol. The topological polar surface area (TPSA) is 221 Å². The molecular formula is C25H31N3O11S-4. The molecule has 0 aliphatic carbocycles. The molecule has 1 fully saturated rings. The number of carbonyl (C=O) groups excluding carboxylic acids is 5. The maximum absolute atomic E-state index is 12.5. The zero-order valence-corrected chi connectivity index (χ0v) is 23.1. The Balaban J connectivity index is 0.000000780. The van der Waals surface area contributed by atoms with Crippen LogP contribution in [-0.4, -0.2) is 105 Å². The van der Waals surface area contributed by atoms with Gasteiger partial charge in [0, 0.05) is 44.8 Å². The molecule has 0 amide bonds. The lowest BCUT2D eigenvalue weighted by Crippen LogP contribution is -2.46. The van der Waals surface area contributed by atoms with Gasteiger partial charge in [-0.25, -0.2) is 8.42 Å². The van der Waals surface area contributed by atoms with Gasteiger partial charge in [-0.1, -0.05) is 26.0 Å². The van der Waals surface area contributed by atoms with Crippen molar-refractivity contribution < 1.29 is 52.8 Å². The van der Waals surface area contributed by atoms with Crippen LogP contribution in [0.4, 0.5) is 0 Å². The summed E-state index contributed by atoms with van der Waals surface area (Å²) in [7, 11) is -1.39. The Morgan fingerprint density at radius 3 is 1.45 bits per heavy atom. The van der Waals surface area contributed by atoms with Crippen LogP contribution in [0, 0.1) is 0 Å². The van der Waals surface area contributed by atoms with E-state index in [4.69, 9.17) is 0 Å². The second-order valence-electron chi connectivity index (χ2n) is 8.06. The third-order valence-corrected chi connectivity index (χ3v) is 7.26. The normalized spacial score (nSPS) is 14.2. The zero-order chi connectivity index (χ0) is 30.9. The standard InChI is InChI=1S/C17H27N3O3S.2C4H4O4/c1-4-20(5-2)24(22,23)16-8-6-15(7-9-16)17(21)14-19-12-10-18(3)11-13-19;2*5-3(6)1-2-4(7)8/h6-9H,4-5,10-14H2,1-3H3;2*1-2H,(H,5,6)(H,7,8)/p-4/b;2*2-1-. The molecule has 2 rings (SSSR count). The first-order valence-electron chi connectivity index (χ1n) is 11.9. The fourth-order valence-electron chi connectivity index (χ4n) is 3.10. The molecule has 40 heavy (non-hydrogen) atoms. The van der Waals surface area contributed by atoms with Gasteiger partial charge in [0.1, 0.15) is 0 Å². The summed E-state index contributed by atoms with van der Waals surface area (Å²) in [4.78, 5) is 54.7. The molecule has 0 spiro atoms. The number of piperazine rings is 1. The van der Waals surface area contributed by atoms with E-state index in [1.54, 1.807) is 12.1 Å². The monoisotopic (exact) mass is 581 g/mol. The lowest BCUT2D eigenvalue weighted by atomic mass is 10.1. The third kappa shape index (κ3) is 14.9. The second kappa shape index (κ2) is 18.4. The molecule has 14 nitrogen and oxygen atoms in total.